The first-order valence-electron chi connectivity index (χ1n) is 12.8. The molecule has 0 radical (unpaired) electrons. The molecule has 0 saturated heterocycles. The first-order chi connectivity index (χ1) is 14.3. The number of carbonyl (C=O) groups excluding carboxylic acids is 1. The number of Topliss-reactive ketones (excluding diaryl/α,β-unsaturated/α-hetero) is 1. The van der Waals surface area contributed by atoms with E-state index in [1.54, 1.807) is 5.57 Å². The van der Waals surface area contributed by atoms with Crippen molar-refractivity contribution < 1.29 is 4.79 Å². The second-order valence-corrected chi connectivity index (χ2v) is 12.1. The van der Waals surface area contributed by atoms with Gasteiger partial charge in [0.25, 0.3) is 0 Å². The summed E-state index contributed by atoms with van der Waals surface area (Å²) in [5.41, 5.74) is 2.28. The van der Waals surface area contributed by atoms with Gasteiger partial charge in [-0.1, -0.05) is 44.5 Å². The maximum absolute atomic E-state index is 12.4. The van der Waals surface area contributed by atoms with Gasteiger partial charge in [0.1, 0.15) is 5.78 Å². The fourth-order valence-corrected chi connectivity index (χ4v) is 8.45. The van der Waals surface area contributed by atoms with E-state index < -0.39 is 0 Å². The Morgan fingerprint density at radius 1 is 1.10 bits per heavy atom. The summed E-state index contributed by atoms with van der Waals surface area (Å²) < 4.78 is 0. The Kier molecular flexibility index (Phi) is 6.30. The van der Waals surface area contributed by atoms with Crippen LogP contribution in [0.1, 0.15) is 105 Å². The molecule has 30 heavy (non-hydrogen) atoms. The van der Waals surface area contributed by atoms with Gasteiger partial charge >= 0.3 is 0 Å². The quantitative estimate of drug-likeness (QED) is 0.334. The molecule has 0 amide bonds. The Hall–Kier alpha value is -0.990. The van der Waals surface area contributed by atoms with Gasteiger partial charge in [-0.25, -0.2) is 0 Å². The van der Waals surface area contributed by atoms with E-state index in [1.165, 1.54) is 38.5 Å². The molecule has 4 aliphatic carbocycles. The van der Waals surface area contributed by atoms with E-state index in [1.807, 2.05) is 0 Å². The van der Waals surface area contributed by atoms with Gasteiger partial charge in [0.05, 0.1) is 6.04 Å². The van der Waals surface area contributed by atoms with Crippen LogP contribution in [0.5, 0.6) is 0 Å². The van der Waals surface area contributed by atoms with Gasteiger partial charge in [-0.15, -0.1) is 0 Å². The van der Waals surface area contributed by atoms with E-state index in [2.05, 4.69) is 38.9 Å². The summed E-state index contributed by atoms with van der Waals surface area (Å²) in [6, 6.07) is 0.00830. The predicted octanol–water partition coefficient (Wildman–Crippen LogP) is 7.49. The summed E-state index contributed by atoms with van der Waals surface area (Å²) in [7, 11) is 0. The average molecular weight is 414 g/mol. The Bertz CT molecular complexity index is 697. The third-order valence-electron chi connectivity index (χ3n) is 10.1. The zero-order valence-electron chi connectivity index (χ0n) is 19.8. The number of nitroso groups, excluding NO2 is 1. The zero-order chi connectivity index (χ0) is 21.5. The molecule has 168 valence electrons. The second kappa shape index (κ2) is 8.51. The lowest BCUT2D eigenvalue weighted by atomic mass is 9.50. The number of hydrogen-bond donors (Lipinski definition) is 0. The summed E-state index contributed by atoms with van der Waals surface area (Å²) in [6.45, 7) is 9.40. The molecular weight excluding hydrogens is 370 g/mol. The van der Waals surface area contributed by atoms with Gasteiger partial charge in [0.15, 0.2) is 0 Å². The molecule has 7 atom stereocenters. The van der Waals surface area contributed by atoms with Crippen molar-refractivity contribution in [3.05, 3.63) is 16.6 Å². The van der Waals surface area contributed by atoms with Crippen LogP contribution >= 0.6 is 0 Å². The summed E-state index contributed by atoms with van der Waals surface area (Å²) in [5, 5.41) is 3.41. The minimum Gasteiger partial charge on any atom is -0.300 e. The molecule has 4 rings (SSSR count). The summed E-state index contributed by atoms with van der Waals surface area (Å²) >= 11 is 0. The third-order valence-corrected chi connectivity index (χ3v) is 10.1. The Labute approximate surface area is 183 Å². The van der Waals surface area contributed by atoms with Crippen LogP contribution in [-0.4, -0.2) is 11.8 Å². The van der Waals surface area contributed by atoms with E-state index in [0.717, 1.165) is 62.2 Å². The Morgan fingerprint density at radius 3 is 2.63 bits per heavy atom. The predicted molar refractivity (Wildman–Crippen MR) is 123 cm³/mol. The molecule has 0 aliphatic heterocycles. The molecule has 0 spiro atoms. The van der Waals surface area contributed by atoms with Crippen molar-refractivity contribution in [2.75, 3.05) is 0 Å². The van der Waals surface area contributed by atoms with Crippen molar-refractivity contribution in [3.63, 3.8) is 0 Å². The average Bonchev–Trinajstić information content (AvgIpc) is 2.95. The first-order valence-corrected chi connectivity index (χ1v) is 12.8. The van der Waals surface area contributed by atoms with Crippen molar-refractivity contribution >= 4 is 5.78 Å². The SMILES string of the molecule is CC(C)CC(=O)CCC1CCC2C3CCC=C4C[C@@H](N=O)CC[C@]4(C)C3CC[C@]12C. The first kappa shape index (κ1) is 22.2. The molecule has 0 N–H and O–H groups in total. The van der Waals surface area contributed by atoms with E-state index in [-0.39, 0.29) is 11.5 Å². The van der Waals surface area contributed by atoms with Gasteiger partial charge in [-0.2, -0.15) is 4.91 Å². The molecule has 3 saturated carbocycles. The van der Waals surface area contributed by atoms with Crippen molar-refractivity contribution in [3.8, 4) is 0 Å². The van der Waals surface area contributed by atoms with Crippen LogP contribution in [0.2, 0.25) is 0 Å². The third kappa shape index (κ3) is 3.84. The Morgan fingerprint density at radius 2 is 1.90 bits per heavy atom. The largest absolute Gasteiger partial charge is 0.300 e. The fourth-order valence-electron chi connectivity index (χ4n) is 8.45. The number of rotatable bonds is 6. The molecule has 4 aliphatic rings. The lowest BCUT2D eigenvalue weighted by Crippen LogP contribution is -2.47. The smallest absolute Gasteiger partial charge is 0.133 e. The minimum atomic E-state index is 0.00830. The summed E-state index contributed by atoms with van der Waals surface area (Å²) in [4.78, 5) is 23.6. The normalized spacial score (nSPS) is 43.2. The van der Waals surface area contributed by atoms with Gasteiger partial charge in [0.2, 0.25) is 0 Å². The maximum atomic E-state index is 12.4. The van der Waals surface area contributed by atoms with Gasteiger partial charge in [-0.3, -0.25) is 4.79 Å². The molecule has 3 fully saturated rings. The summed E-state index contributed by atoms with van der Waals surface area (Å²) in [5.74, 6) is 4.11. The zero-order valence-corrected chi connectivity index (χ0v) is 19.8. The van der Waals surface area contributed by atoms with Crippen molar-refractivity contribution in [1.82, 2.24) is 0 Å². The van der Waals surface area contributed by atoms with Crippen LogP contribution in [0.15, 0.2) is 16.8 Å². The van der Waals surface area contributed by atoms with Crippen LogP contribution in [-0.2, 0) is 4.79 Å². The monoisotopic (exact) mass is 413 g/mol. The van der Waals surface area contributed by atoms with Gasteiger partial charge in [-0.05, 0) is 105 Å². The molecular formula is C27H43NO2. The van der Waals surface area contributed by atoms with Gasteiger partial charge in [0, 0.05) is 12.8 Å². The molecule has 0 aromatic carbocycles. The van der Waals surface area contributed by atoms with E-state index in [4.69, 9.17) is 0 Å². The molecule has 0 heterocycles. The molecule has 0 bridgehead atoms. The molecule has 4 unspecified atom stereocenters. The van der Waals surface area contributed by atoms with Crippen molar-refractivity contribution in [1.29, 1.82) is 0 Å². The second-order valence-electron chi connectivity index (χ2n) is 12.1. The lowest BCUT2D eigenvalue weighted by Gasteiger charge is -2.55. The number of ketones is 1. The molecule has 3 heteroatoms. The van der Waals surface area contributed by atoms with Crippen molar-refractivity contribution in [2.45, 2.75) is 111 Å². The minimum absolute atomic E-state index is 0.00830. The van der Waals surface area contributed by atoms with Crippen LogP contribution in [0.4, 0.5) is 0 Å². The van der Waals surface area contributed by atoms with Crippen LogP contribution in [0.3, 0.4) is 0 Å². The summed E-state index contributed by atoms with van der Waals surface area (Å²) in [6.07, 6.45) is 16.1. The van der Waals surface area contributed by atoms with E-state index >= 15 is 0 Å². The number of allylic oxidation sites excluding steroid dienone is 1. The topological polar surface area (TPSA) is 46.5 Å². The number of nitrogens with zero attached hydrogens (tertiary/aromatic N) is 1. The Balaban J connectivity index is 1.48. The van der Waals surface area contributed by atoms with Crippen LogP contribution in [0, 0.1) is 45.3 Å². The number of carbonyl (C=O) groups is 1. The fraction of sp³-hybridized carbons (Fsp3) is 0.889. The standard InChI is InChI=1S/C27H43NO2/c1-18(2)16-22(29)10-8-19-9-11-24-23-7-5-6-20-17-21(28-30)12-14-27(20,4)25(23)13-15-26(19,24)3/h6,18-19,21,23-25H,5,7-17H2,1-4H3/t19?,21-,23?,24?,25?,26+,27-/m0/s1. The maximum Gasteiger partial charge on any atom is 0.133 e. The lowest BCUT2D eigenvalue weighted by molar-refractivity contribution is -0.120. The molecule has 3 nitrogen and oxygen atoms in total. The van der Waals surface area contributed by atoms with Crippen LogP contribution in [0.25, 0.3) is 0 Å². The highest BCUT2D eigenvalue weighted by Crippen LogP contribution is 2.66. The molecule has 0 aromatic heterocycles. The number of fused-ring (bicyclic) bond motifs is 5. The van der Waals surface area contributed by atoms with E-state index in [0.29, 0.717) is 17.1 Å². The highest BCUT2D eigenvalue weighted by Gasteiger charge is 2.57. The van der Waals surface area contributed by atoms with Crippen molar-refractivity contribution in [2.24, 2.45) is 45.6 Å². The number of hydrogen-bond acceptors (Lipinski definition) is 3. The van der Waals surface area contributed by atoms with Crippen LogP contribution < -0.4 is 0 Å². The van der Waals surface area contributed by atoms with E-state index in [9.17, 15) is 9.70 Å². The highest BCUT2D eigenvalue weighted by atomic mass is 16.3. The highest BCUT2D eigenvalue weighted by molar-refractivity contribution is 5.78. The van der Waals surface area contributed by atoms with Gasteiger partial charge < -0.3 is 0 Å². The molecule has 0 aromatic rings.